The van der Waals surface area contributed by atoms with Crippen LogP contribution in [-0.2, 0) is 28.3 Å². The lowest BCUT2D eigenvalue weighted by molar-refractivity contribution is -0.141. The number of unbranched alkanes of at least 4 members (excludes halogenated alkanes) is 12. The van der Waals surface area contributed by atoms with Gasteiger partial charge in [0.05, 0.1) is 13.2 Å². The SMILES string of the molecule is CCCCCCOC(=O)/C=C/C(=O)OCCCC(=O)O[Si](CCCCCC)(CCCCCC)CCCCCC. The molecule has 0 unspecified atom stereocenters. The van der Waals surface area contributed by atoms with Gasteiger partial charge in [-0.1, -0.05) is 124 Å². The third-order valence-corrected chi connectivity index (χ3v) is 11.6. The van der Waals surface area contributed by atoms with Crippen LogP contribution in [0.5, 0.6) is 0 Å². The molecule has 0 aliphatic heterocycles. The van der Waals surface area contributed by atoms with Gasteiger partial charge in [0.1, 0.15) is 0 Å². The topological polar surface area (TPSA) is 78.9 Å². The van der Waals surface area contributed by atoms with Crippen molar-refractivity contribution >= 4 is 26.2 Å². The van der Waals surface area contributed by atoms with Crippen molar-refractivity contribution in [2.24, 2.45) is 0 Å². The molecule has 0 aliphatic carbocycles. The molecule has 0 radical (unpaired) electrons. The Morgan fingerprint density at radius 1 is 0.513 bits per heavy atom. The van der Waals surface area contributed by atoms with E-state index in [9.17, 15) is 14.4 Å². The Hall–Kier alpha value is -1.63. The molecule has 7 heteroatoms. The zero-order valence-corrected chi connectivity index (χ0v) is 26.9. The molecule has 0 fully saturated rings. The summed E-state index contributed by atoms with van der Waals surface area (Å²) in [5.74, 6) is -1.27. The molecular weight excluding hydrogens is 508 g/mol. The van der Waals surface area contributed by atoms with Gasteiger partial charge in [0.25, 0.3) is 14.3 Å². The molecule has 0 saturated carbocycles. The van der Waals surface area contributed by atoms with Crippen molar-refractivity contribution in [2.75, 3.05) is 13.2 Å². The van der Waals surface area contributed by atoms with Crippen molar-refractivity contribution in [3.63, 3.8) is 0 Å². The van der Waals surface area contributed by atoms with Gasteiger partial charge >= 0.3 is 11.9 Å². The predicted molar refractivity (Wildman–Crippen MR) is 163 cm³/mol. The van der Waals surface area contributed by atoms with Crippen molar-refractivity contribution < 1.29 is 28.3 Å². The quantitative estimate of drug-likeness (QED) is 0.0425. The Kier molecular flexibility index (Phi) is 25.5. The van der Waals surface area contributed by atoms with Crippen LogP contribution >= 0.6 is 0 Å². The molecule has 0 aromatic carbocycles. The molecule has 0 spiro atoms. The Balaban J connectivity index is 4.71. The van der Waals surface area contributed by atoms with Crippen LogP contribution in [0, 0.1) is 0 Å². The minimum absolute atomic E-state index is 0.127. The van der Waals surface area contributed by atoms with Gasteiger partial charge < -0.3 is 13.9 Å². The molecule has 0 N–H and O–H groups in total. The second-order valence-electron chi connectivity index (χ2n) is 10.9. The van der Waals surface area contributed by atoms with Gasteiger partial charge in [-0.25, -0.2) is 9.59 Å². The summed E-state index contributed by atoms with van der Waals surface area (Å²) in [7, 11) is -2.15. The monoisotopic (exact) mass is 568 g/mol. The van der Waals surface area contributed by atoms with Crippen molar-refractivity contribution in [1.29, 1.82) is 0 Å². The minimum atomic E-state index is -2.15. The Labute approximate surface area is 241 Å². The van der Waals surface area contributed by atoms with E-state index in [0.29, 0.717) is 13.0 Å². The van der Waals surface area contributed by atoms with Crippen molar-refractivity contribution in [3.8, 4) is 0 Å². The second-order valence-corrected chi connectivity index (χ2v) is 15.0. The Morgan fingerprint density at radius 3 is 1.31 bits per heavy atom. The maximum Gasteiger partial charge on any atom is 0.331 e. The lowest BCUT2D eigenvalue weighted by Gasteiger charge is -2.32. The zero-order valence-electron chi connectivity index (χ0n) is 25.9. The highest BCUT2D eigenvalue weighted by Gasteiger charge is 2.37. The van der Waals surface area contributed by atoms with Gasteiger partial charge in [0, 0.05) is 18.6 Å². The van der Waals surface area contributed by atoms with E-state index < -0.39 is 20.3 Å². The van der Waals surface area contributed by atoms with Gasteiger partial charge in [-0.3, -0.25) is 4.79 Å². The van der Waals surface area contributed by atoms with E-state index in [4.69, 9.17) is 13.9 Å². The molecule has 0 aromatic heterocycles. The van der Waals surface area contributed by atoms with E-state index >= 15 is 0 Å². The average molecular weight is 569 g/mol. The fourth-order valence-electron chi connectivity index (χ4n) is 4.77. The molecule has 0 heterocycles. The Morgan fingerprint density at radius 2 is 0.897 bits per heavy atom. The number of carbonyl (C=O) groups is 3. The summed E-state index contributed by atoms with van der Waals surface area (Å²) in [5, 5.41) is 0. The number of carbonyl (C=O) groups excluding carboxylic acids is 3. The third kappa shape index (κ3) is 22.8. The zero-order chi connectivity index (χ0) is 29.0. The van der Waals surface area contributed by atoms with Crippen LogP contribution in [0.4, 0.5) is 0 Å². The number of esters is 2. The molecule has 228 valence electrons. The highest BCUT2D eigenvalue weighted by molar-refractivity contribution is 6.75. The molecule has 6 nitrogen and oxygen atoms in total. The van der Waals surface area contributed by atoms with E-state index in [0.717, 1.165) is 75.2 Å². The van der Waals surface area contributed by atoms with E-state index in [1.54, 1.807) is 0 Å². The number of hydrogen-bond donors (Lipinski definition) is 0. The first-order valence-corrected chi connectivity index (χ1v) is 18.7. The summed E-state index contributed by atoms with van der Waals surface area (Å²) < 4.78 is 16.7. The first-order chi connectivity index (χ1) is 18.9. The maximum atomic E-state index is 12.9. The van der Waals surface area contributed by atoms with Gasteiger partial charge in [-0.15, -0.1) is 0 Å². The molecule has 0 atom stereocenters. The molecule has 0 amide bonds. The van der Waals surface area contributed by atoms with Crippen LogP contribution in [0.3, 0.4) is 0 Å². The standard InChI is InChI=1S/C32H60O6Si/c1-5-9-13-17-25-36-30(33)23-24-31(34)37-26-21-22-32(35)38-39(27-18-14-10-6-2,28-19-15-11-7-3)29-20-16-12-8-4/h23-24H,5-22,25-29H2,1-4H3/b24-23+. The van der Waals surface area contributed by atoms with Crippen LogP contribution in [-0.4, -0.2) is 39.4 Å². The molecule has 0 aromatic rings. The number of hydrogen-bond acceptors (Lipinski definition) is 6. The van der Waals surface area contributed by atoms with Crippen LogP contribution < -0.4 is 0 Å². The highest BCUT2D eigenvalue weighted by Crippen LogP contribution is 2.31. The Bertz CT molecular complexity index is 617. The molecule has 0 bridgehead atoms. The highest BCUT2D eigenvalue weighted by atomic mass is 28.4. The smallest absolute Gasteiger partial charge is 0.331 e. The normalized spacial score (nSPS) is 11.6. The lowest BCUT2D eigenvalue weighted by Crippen LogP contribution is -2.40. The fourth-order valence-corrected chi connectivity index (χ4v) is 9.09. The second kappa shape index (κ2) is 26.6. The van der Waals surface area contributed by atoms with Gasteiger partial charge in [-0.2, -0.15) is 0 Å². The summed E-state index contributed by atoms with van der Waals surface area (Å²) >= 11 is 0. The van der Waals surface area contributed by atoms with Crippen LogP contribution in [0.25, 0.3) is 0 Å². The van der Waals surface area contributed by atoms with Crippen LogP contribution in [0.2, 0.25) is 18.1 Å². The van der Waals surface area contributed by atoms with E-state index in [-0.39, 0.29) is 19.0 Å². The molecule has 0 rings (SSSR count). The fraction of sp³-hybridized carbons (Fsp3) is 0.844. The first kappa shape index (κ1) is 37.4. The van der Waals surface area contributed by atoms with E-state index in [2.05, 4.69) is 27.7 Å². The van der Waals surface area contributed by atoms with E-state index in [1.807, 2.05) is 0 Å². The minimum Gasteiger partial charge on any atom is -0.519 e. The summed E-state index contributed by atoms with van der Waals surface area (Å²) in [6, 6.07) is 3.22. The molecule has 39 heavy (non-hydrogen) atoms. The predicted octanol–water partition coefficient (Wildman–Crippen LogP) is 9.22. The summed E-state index contributed by atoms with van der Waals surface area (Å²) in [5.41, 5.74) is 0. The number of ether oxygens (including phenoxy) is 2. The van der Waals surface area contributed by atoms with Gasteiger partial charge in [0.15, 0.2) is 0 Å². The maximum absolute atomic E-state index is 12.9. The van der Waals surface area contributed by atoms with Crippen molar-refractivity contribution in [2.45, 2.75) is 161 Å². The van der Waals surface area contributed by atoms with Crippen molar-refractivity contribution in [1.82, 2.24) is 0 Å². The lowest BCUT2D eigenvalue weighted by atomic mass is 10.2. The summed E-state index contributed by atoms with van der Waals surface area (Å²) in [4.78, 5) is 36.6. The largest absolute Gasteiger partial charge is 0.519 e. The van der Waals surface area contributed by atoms with Crippen molar-refractivity contribution in [3.05, 3.63) is 12.2 Å². The first-order valence-electron chi connectivity index (χ1n) is 16.2. The molecular formula is C32H60O6Si. The number of rotatable bonds is 27. The summed E-state index contributed by atoms with van der Waals surface area (Å²) in [6.45, 7) is 9.29. The average Bonchev–Trinajstić information content (AvgIpc) is 2.92. The van der Waals surface area contributed by atoms with Gasteiger partial charge in [-0.05, 0) is 31.0 Å². The third-order valence-electron chi connectivity index (χ3n) is 7.16. The van der Waals surface area contributed by atoms with E-state index in [1.165, 1.54) is 57.8 Å². The van der Waals surface area contributed by atoms with Crippen LogP contribution in [0.1, 0.15) is 143 Å². The van der Waals surface area contributed by atoms with Crippen LogP contribution in [0.15, 0.2) is 12.2 Å². The molecule has 0 aliphatic rings. The molecule has 0 saturated heterocycles. The summed E-state index contributed by atoms with van der Waals surface area (Å²) in [6.07, 6.45) is 21.4. The van der Waals surface area contributed by atoms with Gasteiger partial charge in [0.2, 0.25) is 0 Å².